The van der Waals surface area contributed by atoms with Crippen molar-refractivity contribution in [3.05, 3.63) is 100.0 Å². The minimum atomic E-state index is -0.528. The van der Waals surface area contributed by atoms with Crippen molar-refractivity contribution in [2.24, 2.45) is 0 Å². The largest absolute Gasteiger partial charge is 0.354 e. The van der Waals surface area contributed by atoms with Gasteiger partial charge in [0.15, 0.2) is 0 Å². The summed E-state index contributed by atoms with van der Waals surface area (Å²) in [4.78, 5) is 37.0. The third-order valence-corrected chi connectivity index (χ3v) is 5.00. The summed E-state index contributed by atoms with van der Waals surface area (Å²) in [6.07, 6.45) is 1.29. The van der Waals surface area contributed by atoms with Crippen LogP contribution in [0.15, 0.2) is 71.7 Å². The number of amides is 2. The van der Waals surface area contributed by atoms with Crippen molar-refractivity contribution in [2.45, 2.75) is 25.8 Å². The number of carbonyl (C=O) groups excluding carboxylic acids is 2. The molecule has 2 aromatic carbocycles. The van der Waals surface area contributed by atoms with Gasteiger partial charge in [-0.25, -0.2) is 8.78 Å². The van der Waals surface area contributed by atoms with Crippen LogP contribution in [0.1, 0.15) is 29.8 Å². The predicted molar refractivity (Wildman–Crippen MR) is 117 cm³/mol. The van der Waals surface area contributed by atoms with E-state index >= 15 is 0 Å². The molecule has 0 bridgehead atoms. The monoisotopic (exact) mass is 439 g/mol. The van der Waals surface area contributed by atoms with E-state index in [9.17, 15) is 23.2 Å². The van der Waals surface area contributed by atoms with Crippen LogP contribution in [0.25, 0.3) is 0 Å². The number of hydrogen-bond donors (Lipinski definition) is 2. The van der Waals surface area contributed by atoms with Crippen LogP contribution in [-0.4, -0.2) is 22.9 Å². The van der Waals surface area contributed by atoms with Crippen molar-refractivity contribution in [2.75, 3.05) is 11.9 Å². The van der Waals surface area contributed by atoms with Crippen molar-refractivity contribution < 1.29 is 18.4 Å². The second-order valence-electron chi connectivity index (χ2n) is 8.02. The first kappa shape index (κ1) is 22.9. The second-order valence-corrected chi connectivity index (χ2v) is 8.02. The maximum absolute atomic E-state index is 13.5. The molecule has 0 radical (unpaired) electrons. The molecule has 0 aliphatic carbocycles. The molecule has 2 amide bonds. The Labute approximate surface area is 183 Å². The van der Waals surface area contributed by atoms with Gasteiger partial charge < -0.3 is 15.2 Å². The number of anilines is 1. The Morgan fingerprint density at radius 1 is 0.969 bits per heavy atom. The van der Waals surface area contributed by atoms with E-state index in [-0.39, 0.29) is 24.5 Å². The van der Waals surface area contributed by atoms with Crippen LogP contribution in [0.3, 0.4) is 0 Å². The Hall–Kier alpha value is -3.81. The van der Waals surface area contributed by atoms with Gasteiger partial charge in [-0.3, -0.25) is 14.4 Å². The molecule has 0 saturated heterocycles. The van der Waals surface area contributed by atoms with Crippen LogP contribution in [0, 0.1) is 11.6 Å². The zero-order chi connectivity index (χ0) is 23.3. The number of halogens is 2. The summed E-state index contributed by atoms with van der Waals surface area (Å²) >= 11 is 0. The lowest BCUT2D eigenvalue weighted by Gasteiger charge is -2.25. The molecular formula is C24H23F2N3O3. The van der Waals surface area contributed by atoms with Gasteiger partial charge in [-0.1, -0.05) is 26.0 Å². The Bertz CT molecular complexity index is 1190. The van der Waals surface area contributed by atoms with E-state index in [2.05, 4.69) is 10.6 Å². The van der Waals surface area contributed by atoms with Crippen molar-refractivity contribution in [3.63, 3.8) is 0 Å². The van der Waals surface area contributed by atoms with Gasteiger partial charge in [0.05, 0.1) is 5.56 Å². The van der Waals surface area contributed by atoms with Gasteiger partial charge in [0.1, 0.15) is 18.2 Å². The molecule has 6 nitrogen and oxygen atoms in total. The normalized spacial score (nSPS) is 11.1. The molecule has 2 N–H and O–H groups in total. The lowest BCUT2D eigenvalue weighted by molar-refractivity contribution is -0.121. The Morgan fingerprint density at radius 3 is 2.38 bits per heavy atom. The summed E-state index contributed by atoms with van der Waals surface area (Å²) in [5.74, 6) is -1.71. The number of benzene rings is 2. The minimum absolute atomic E-state index is 0.168. The molecule has 0 unspecified atom stereocenters. The predicted octanol–water partition coefficient (Wildman–Crippen LogP) is 3.47. The lowest BCUT2D eigenvalue weighted by Crippen LogP contribution is -2.39. The highest BCUT2D eigenvalue weighted by Crippen LogP contribution is 2.22. The highest BCUT2D eigenvalue weighted by Gasteiger charge is 2.22. The molecule has 32 heavy (non-hydrogen) atoms. The molecule has 3 aromatic rings. The Balaban J connectivity index is 1.65. The summed E-state index contributed by atoms with van der Waals surface area (Å²) in [5.41, 5.74) is 0.324. The summed E-state index contributed by atoms with van der Waals surface area (Å²) in [6, 6.07) is 14.0. The maximum Gasteiger partial charge on any atom is 0.257 e. The van der Waals surface area contributed by atoms with Crippen LogP contribution in [0.5, 0.6) is 0 Å². The summed E-state index contributed by atoms with van der Waals surface area (Å²) in [5, 5.41) is 5.35. The van der Waals surface area contributed by atoms with Gasteiger partial charge in [0, 0.05) is 29.9 Å². The van der Waals surface area contributed by atoms with Gasteiger partial charge in [0.2, 0.25) is 5.91 Å². The first-order valence-electron chi connectivity index (χ1n) is 9.94. The van der Waals surface area contributed by atoms with Gasteiger partial charge >= 0.3 is 0 Å². The van der Waals surface area contributed by atoms with E-state index in [1.807, 2.05) is 13.8 Å². The summed E-state index contributed by atoms with van der Waals surface area (Å²) in [6.45, 7) is 3.69. The first-order valence-corrected chi connectivity index (χ1v) is 9.94. The maximum atomic E-state index is 13.5. The number of rotatable bonds is 7. The van der Waals surface area contributed by atoms with Crippen molar-refractivity contribution in [1.29, 1.82) is 0 Å². The number of pyridine rings is 1. The average molecular weight is 439 g/mol. The lowest BCUT2D eigenvalue weighted by atomic mass is 9.84. The molecule has 0 aliphatic rings. The van der Waals surface area contributed by atoms with Gasteiger partial charge in [0.25, 0.3) is 11.5 Å². The molecule has 0 spiro atoms. The number of nitrogens with one attached hydrogen (secondary N) is 2. The number of hydrogen-bond acceptors (Lipinski definition) is 3. The molecule has 0 atom stereocenters. The molecule has 0 aliphatic heterocycles. The van der Waals surface area contributed by atoms with Crippen LogP contribution in [0.2, 0.25) is 0 Å². The fourth-order valence-electron chi connectivity index (χ4n) is 3.07. The molecular weight excluding hydrogens is 416 g/mol. The van der Waals surface area contributed by atoms with Crippen molar-refractivity contribution in [3.8, 4) is 0 Å². The molecule has 1 aromatic heterocycles. The van der Waals surface area contributed by atoms with E-state index in [0.717, 1.165) is 10.1 Å². The molecule has 1 heterocycles. The van der Waals surface area contributed by atoms with E-state index in [1.165, 1.54) is 54.7 Å². The van der Waals surface area contributed by atoms with Crippen molar-refractivity contribution >= 4 is 17.5 Å². The molecule has 166 valence electrons. The van der Waals surface area contributed by atoms with Crippen LogP contribution in [0.4, 0.5) is 14.5 Å². The minimum Gasteiger partial charge on any atom is -0.354 e. The van der Waals surface area contributed by atoms with Gasteiger partial charge in [-0.2, -0.15) is 0 Å². The SMILES string of the molecule is CC(C)(CNC(=O)Cn1cc(C(=O)Nc2ccc(F)cc2)ccc1=O)c1cccc(F)c1. The fraction of sp³-hybridized carbons (Fsp3) is 0.208. The standard InChI is InChI=1S/C24H23F2N3O3/c1-24(2,17-4-3-5-19(26)12-17)15-27-21(30)14-29-13-16(6-11-22(29)31)23(32)28-20-9-7-18(25)8-10-20/h3-13H,14-15H2,1-2H3,(H,27,30)(H,28,32). The number of nitrogens with zero attached hydrogens (tertiary/aromatic N) is 1. The molecule has 0 fully saturated rings. The highest BCUT2D eigenvalue weighted by atomic mass is 19.1. The topological polar surface area (TPSA) is 80.2 Å². The van der Waals surface area contributed by atoms with Gasteiger partial charge in [-0.15, -0.1) is 0 Å². The number of carbonyl (C=O) groups is 2. The van der Waals surface area contributed by atoms with E-state index in [4.69, 9.17) is 0 Å². The van der Waals surface area contributed by atoms with E-state index < -0.39 is 28.6 Å². The quantitative estimate of drug-likeness (QED) is 0.592. The fourth-order valence-corrected chi connectivity index (χ4v) is 3.07. The Morgan fingerprint density at radius 2 is 1.69 bits per heavy atom. The zero-order valence-corrected chi connectivity index (χ0v) is 17.7. The summed E-state index contributed by atoms with van der Waals surface area (Å²) in [7, 11) is 0. The summed E-state index contributed by atoms with van der Waals surface area (Å²) < 4.78 is 27.7. The third-order valence-electron chi connectivity index (χ3n) is 5.00. The highest BCUT2D eigenvalue weighted by molar-refractivity contribution is 6.04. The zero-order valence-electron chi connectivity index (χ0n) is 17.7. The van der Waals surface area contributed by atoms with E-state index in [0.29, 0.717) is 5.69 Å². The molecule has 3 rings (SSSR count). The molecule has 0 saturated carbocycles. The smallest absolute Gasteiger partial charge is 0.257 e. The van der Waals surface area contributed by atoms with Crippen LogP contribution in [-0.2, 0) is 16.8 Å². The van der Waals surface area contributed by atoms with Crippen LogP contribution < -0.4 is 16.2 Å². The van der Waals surface area contributed by atoms with E-state index in [1.54, 1.807) is 12.1 Å². The Kier molecular flexibility index (Phi) is 6.82. The van der Waals surface area contributed by atoms with Crippen molar-refractivity contribution in [1.82, 2.24) is 9.88 Å². The molecule has 8 heteroatoms. The third kappa shape index (κ3) is 5.87. The average Bonchev–Trinajstić information content (AvgIpc) is 2.75. The number of aromatic nitrogens is 1. The van der Waals surface area contributed by atoms with Gasteiger partial charge in [-0.05, 0) is 48.0 Å². The first-order chi connectivity index (χ1) is 15.1. The second kappa shape index (κ2) is 9.55. The van der Waals surface area contributed by atoms with Crippen LogP contribution >= 0.6 is 0 Å².